The maximum absolute atomic E-state index is 2.25. The zero-order valence-corrected chi connectivity index (χ0v) is 53.9. The second-order valence-electron chi connectivity index (χ2n) is 22.8. The summed E-state index contributed by atoms with van der Waals surface area (Å²) in [6.45, 7) is 37.0. The molecule has 10 aromatic rings. The third-order valence-electron chi connectivity index (χ3n) is 17.2. The summed E-state index contributed by atoms with van der Waals surface area (Å²) in [4.78, 5) is 0. The fraction of sp³-hybridized carbons (Fsp3) is 0.286. The van der Waals surface area contributed by atoms with Gasteiger partial charge in [-0.1, -0.05) is 65.7 Å². The predicted octanol–water partition coefficient (Wildman–Crippen LogP) is 16.1. The number of aromatic nitrogens is 5. The summed E-state index contributed by atoms with van der Waals surface area (Å²) >= 11 is 0. The number of pyridine rings is 5. The molecule has 0 radical (unpaired) electrons. The molecule has 0 atom stereocenters. The fourth-order valence-electron chi connectivity index (χ4n) is 10.9. The van der Waals surface area contributed by atoms with Gasteiger partial charge >= 0.3 is 0 Å². The molecule has 0 unspecified atom stereocenters. The molecule has 422 valence electrons. The van der Waals surface area contributed by atoms with E-state index in [4.69, 9.17) is 0 Å². The number of aryl methyl sites for hydroxylation is 12. The number of nitrogens with zero attached hydrogens (tertiary/aromatic N) is 5. The topological polar surface area (TPSA) is 19.4 Å². The Morgan fingerprint density at radius 2 is 0.622 bits per heavy atom. The average Bonchev–Trinajstić information content (AvgIpc) is 3.49. The molecule has 0 saturated carbocycles. The van der Waals surface area contributed by atoms with E-state index in [0.29, 0.717) is 0 Å². The van der Waals surface area contributed by atoms with Crippen LogP contribution in [-0.4, -0.2) is 0 Å². The highest BCUT2D eigenvalue weighted by Crippen LogP contribution is 2.33. The molecule has 0 aliphatic carbocycles. The molecule has 82 heavy (non-hydrogen) atoms. The Kier molecular flexibility index (Phi) is 21.5. The van der Waals surface area contributed by atoms with Crippen molar-refractivity contribution in [1.82, 2.24) is 0 Å². The summed E-state index contributed by atoms with van der Waals surface area (Å²) in [6.07, 6.45) is 2.11. The predicted molar refractivity (Wildman–Crippen MR) is 346 cm³/mol. The van der Waals surface area contributed by atoms with Crippen molar-refractivity contribution >= 4 is 0 Å². The Balaban J connectivity index is 0.000000165. The normalized spacial score (nSPS) is 10.6. The number of benzene rings is 5. The van der Waals surface area contributed by atoms with Crippen molar-refractivity contribution in [3.63, 3.8) is 0 Å². The fourth-order valence-corrected chi connectivity index (χ4v) is 10.9. The molecular formula is C77H94N5+5. The van der Waals surface area contributed by atoms with E-state index in [1.807, 2.05) is 0 Å². The van der Waals surface area contributed by atoms with Gasteiger partial charge < -0.3 is 0 Å². The first-order chi connectivity index (χ1) is 38.8. The molecular weight excluding hydrogens is 995 g/mol. The lowest BCUT2D eigenvalue weighted by molar-refractivity contribution is -0.666. The number of rotatable bonds is 5. The van der Waals surface area contributed by atoms with Gasteiger partial charge in [0.15, 0.2) is 29.0 Å². The zero-order chi connectivity index (χ0) is 60.3. The lowest BCUT2D eigenvalue weighted by atomic mass is 9.88. The summed E-state index contributed by atoms with van der Waals surface area (Å²) in [5.74, 6) is 0. The van der Waals surface area contributed by atoms with Crippen LogP contribution in [-0.2, 0) is 35.2 Å². The second kappa shape index (κ2) is 28.0. The maximum atomic E-state index is 2.25. The SMILES string of the molecule is Cc1c(C)c(C)c(-c2cccc[n+]2C)c(C)c1C.Cc1ccc(-c2cccc(C)[n+]2C)c(C)c1.Cc1ccc(C)c(-c2cccc(C)[n+]2C)c1.Cc1cccc(-c2cccc(C)[n+]2C)c1C.Cc1cccc(C)c1-c1cccc(C)[n+]1C. The van der Waals surface area contributed by atoms with E-state index in [2.05, 4.69) is 346 Å². The van der Waals surface area contributed by atoms with Crippen molar-refractivity contribution < 1.29 is 22.8 Å². The Morgan fingerprint density at radius 3 is 1.12 bits per heavy atom. The first-order valence-corrected chi connectivity index (χ1v) is 29.0. The summed E-state index contributed by atoms with van der Waals surface area (Å²) < 4.78 is 11.2. The summed E-state index contributed by atoms with van der Waals surface area (Å²) in [6, 6.07) is 58.2. The molecule has 0 spiro atoms. The average molecular weight is 1090 g/mol. The van der Waals surface area contributed by atoms with Crippen molar-refractivity contribution in [2.24, 2.45) is 35.2 Å². The highest BCUT2D eigenvalue weighted by atomic mass is 15.0. The third-order valence-corrected chi connectivity index (χ3v) is 17.2. The molecule has 0 saturated heterocycles. The molecule has 0 amide bonds. The van der Waals surface area contributed by atoms with Crippen LogP contribution < -0.4 is 22.8 Å². The maximum Gasteiger partial charge on any atom is 0.212 e. The van der Waals surface area contributed by atoms with Crippen molar-refractivity contribution in [3.05, 3.63) is 265 Å². The van der Waals surface area contributed by atoms with Crippen LogP contribution >= 0.6 is 0 Å². The summed E-state index contributed by atoms with van der Waals surface area (Å²) in [5, 5.41) is 0. The smallest absolute Gasteiger partial charge is 0.201 e. The highest BCUT2D eigenvalue weighted by Gasteiger charge is 2.21. The molecule has 5 aromatic carbocycles. The highest BCUT2D eigenvalue weighted by molar-refractivity contribution is 5.71. The van der Waals surface area contributed by atoms with Gasteiger partial charge in [-0.05, 0) is 200 Å². The molecule has 0 aliphatic rings. The summed E-state index contributed by atoms with van der Waals surface area (Å²) in [7, 11) is 10.6. The van der Waals surface area contributed by atoms with Crippen LogP contribution in [0.3, 0.4) is 0 Å². The first kappa shape index (κ1) is 63.0. The monoisotopic (exact) mass is 1090 g/mol. The standard InChI is InChI=1S/C17H22N.4C15H18N/c1-11-12(2)14(4)17(15(5)13(11)3)16-9-7-8-10-18(16)6;1-11-7-5-9-14(13(11)3)15-10-6-8-12(2)16(15)4;1-11-7-5-8-12(2)15(11)14-10-6-9-13(3)16(14)4;1-11-8-9-14(12(2)10-11)15-7-5-6-13(3)16(15)4;1-11-8-9-12(2)14(10-11)15-7-5-6-13(3)16(15)4/h7-10H,1-6H3;4*5-10H,1-4H3/q5*+1. The quantitative estimate of drug-likeness (QED) is 0.153. The van der Waals surface area contributed by atoms with Crippen LogP contribution in [0.5, 0.6) is 0 Å². The molecule has 5 heteroatoms. The van der Waals surface area contributed by atoms with E-state index in [1.165, 1.54) is 151 Å². The molecule has 5 aromatic heterocycles. The third kappa shape index (κ3) is 14.7. The van der Waals surface area contributed by atoms with Crippen molar-refractivity contribution in [3.8, 4) is 56.3 Å². The van der Waals surface area contributed by atoms with E-state index in [1.54, 1.807) is 0 Å². The van der Waals surface area contributed by atoms with Gasteiger partial charge in [-0.3, -0.25) is 0 Å². The van der Waals surface area contributed by atoms with E-state index >= 15 is 0 Å². The van der Waals surface area contributed by atoms with Crippen LogP contribution in [0.4, 0.5) is 0 Å². The Labute approximate surface area is 494 Å². The van der Waals surface area contributed by atoms with Crippen molar-refractivity contribution in [2.75, 3.05) is 0 Å². The Bertz CT molecular complexity index is 3730. The minimum Gasteiger partial charge on any atom is -0.201 e. The molecule has 5 heterocycles. The van der Waals surface area contributed by atoms with Crippen molar-refractivity contribution in [1.29, 1.82) is 0 Å². The second-order valence-corrected chi connectivity index (χ2v) is 22.8. The lowest BCUT2D eigenvalue weighted by Crippen LogP contribution is -2.34. The van der Waals surface area contributed by atoms with Gasteiger partial charge in [0.2, 0.25) is 28.5 Å². The molecule has 0 N–H and O–H groups in total. The zero-order valence-electron chi connectivity index (χ0n) is 53.9. The van der Waals surface area contributed by atoms with Crippen LogP contribution in [0.1, 0.15) is 95.1 Å². The molecule has 0 aliphatic heterocycles. The van der Waals surface area contributed by atoms with Crippen LogP contribution in [0.2, 0.25) is 0 Å². The van der Waals surface area contributed by atoms with Crippen molar-refractivity contribution in [2.45, 2.75) is 118 Å². The van der Waals surface area contributed by atoms with Gasteiger partial charge in [0, 0.05) is 105 Å². The van der Waals surface area contributed by atoms with Crippen LogP contribution in [0, 0.1) is 118 Å². The van der Waals surface area contributed by atoms with Gasteiger partial charge in [0.25, 0.3) is 0 Å². The molecule has 10 rings (SSSR count). The van der Waals surface area contributed by atoms with Gasteiger partial charge in [0.05, 0.1) is 11.1 Å². The van der Waals surface area contributed by atoms with Crippen LogP contribution in [0.15, 0.2) is 170 Å². The first-order valence-electron chi connectivity index (χ1n) is 29.0. The van der Waals surface area contributed by atoms with Crippen LogP contribution in [0.25, 0.3) is 56.3 Å². The Morgan fingerprint density at radius 1 is 0.232 bits per heavy atom. The minimum atomic E-state index is 1.28. The lowest BCUT2D eigenvalue weighted by Gasteiger charge is -2.17. The largest absolute Gasteiger partial charge is 0.212 e. The van der Waals surface area contributed by atoms with E-state index < -0.39 is 0 Å². The van der Waals surface area contributed by atoms with E-state index in [-0.39, 0.29) is 0 Å². The number of hydrogen-bond acceptors (Lipinski definition) is 0. The van der Waals surface area contributed by atoms with Gasteiger partial charge in [-0.25, -0.2) is 4.57 Å². The number of hydrogen-bond donors (Lipinski definition) is 0. The molecule has 5 nitrogen and oxygen atoms in total. The van der Waals surface area contributed by atoms with Gasteiger partial charge in [-0.15, -0.1) is 0 Å². The van der Waals surface area contributed by atoms with Gasteiger partial charge in [0.1, 0.15) is 35.2 Å². The summed E-state index contributed by atoms with van der Waals surface area (Å²) in [5.41, 5.74) is 35.9. The van der Waals surface area contributed by atoms with E-state index in [0.717, 1.165) is 0 Å². The minimum absolute atomic E-state index is 1.28. The molecule has 0 fully saturated rings. The molecule has 0 bridgehead atoms. The Hall–Kier alpha value is -8.15. The van der Waals surface area contributed by atoms with E-state index in [9.17, 15) is 0 Å². The van der Waals surface area contributed by atoms with Gasteiger partial charge in [-0.2, -0.15) is 18.3 Å².